The van der Waals surface area contributed by atoms with Gasteiger partial charge in [-0.3, -0.25) is 24.6 Å². The fourth-order valence-corrected chi connectivity index (χ4v) is 6.57. The van der Waals surface area contributed by atoms with Crippen molar-refractivity contribution in [1.82, 2.24) is 15.1 Å². The van der Waals surface area contributed by atoms with Gasteiger partial charge >= 0.3 is 0 Å². The summed E-state index contributed by atoms with van der Waals surface area (Å²) in [5.41, 5.74) is 6.26. The lowest BCUT2D eigenvalue weighted by Gasteiger charge is -2.29. The molecule has 0 spiro atoms. The number of carbonyl (C=O) groups is 3. The minimum Gasteiger partial charge on any atom is -0.508 e. The summed E-state index contributed by atoms with van der Waals surface area (Å²) >= 11 is 0. The van der Waals surface area contributed by atoms with Crippen LogP contribution in [-0.4, -0.2) is 64.0 Å². The molecule has 2 aliphatic rings. The maximum absolute atomic E-state index is 15.2. The summed E-state index contributed by atoms with van der Waals surface area (Å²) in [5.74, 6) is -0.957. The fraction of sp³-hybridized carbons (Fsp3) is 0.256. The van der Waals surface area contributed by atoms with Gasteiger partial charge in [0.2, 0.25) is 11.8 Å². The molecule has 2 aliphatic heterocycles. The summed E-state index contributed by atoms with van der Waals surface area (Å²) in [6, 6.07) is 24.5. The second-order valence-electron chi connectivity index (χ2n) is 12.4. The number of imide groups is 1. The van der Waals surface area contributed by atoms with Crippen molar-refractivity contribution in [1.29, 1.82) is 0 Å². The Morgan fingerprint density at radius 1 is 0.918 bits per heavy atom. The maximum Gasteiger partial charge on any atom is 0.258 e. The Bertz CT molecular complexity index is 1910. The number of nitrogens with zero attached hydrogens (tertiary/aromatic N) is 2. The number of allylic oxidation sites excluding steroid dienone is 1. The van der Waals surface area contributed by atoms with Crippen LogP contribution >= 0.6 is 0 Å². The van der Waals surface area contributed by atoms with E-state index >= 15 is 4.39 Å². The summed E-state index contributed by atoms with van der Waals surface area (Å²) in [7, 11) is 1.91. The molecule has 0 radical (unpaired) electrons. The first-order valence-corrected chi connectivity index (χ1v) is 16.3. The van der Waals surface area contributed by atoms with Gasteiger partial charge < -0.3 is 19.8 Å². The second-order valence-corrected chi connectivity index (χ2v) is 12.4. The topological polar surface area (TPSA) is 119 Å². The maximum atomic E-state index is 15.2. The molecular weight excluding hydrogens is 625 g/mol. The zero-order valence-corrected chi connectivity index (χ0v) is 27.4. The van der Waals surface area contributed by atoms with Crippen LogP contribution < -0.4 is 10.1 Å². The lowest BCUT2D eigenvalue weighted by atomic mass is 9.88. The van der Waals surface area contributed by atoms with Crippen molar-refractivity contribution >= 4 is 28.9 Å². The standard InChI is InChI=1S/C39H38FN3O6/c1-3-32(25-4-10-29(44)11-5-25)36(26-6-12-30(45)13-7-26)27-8-14-31(15-9-27)49-19-18-42(2)22-24-20-28-23-43(39(48)37(28)33(40)21-24)34-16-17-35(46)41-38(34)47/h4-15,20-21,34,44-45H,3,16-19,22-23H2,1-2H3,(H,41,46,47). The van der Waals surface area contributed by atoms with Gasteiger partial charge in [-0.05, 0) is 101 Å². The third-order valence-electron chi connectivity index (χ3n) is 9.00. The zero-order chi connectivity index (χ0) is 34.7. The van der Waals surface area contributed by atoms with Gasteiger partial charge in [0.05, 0.1) is 5.56 Å². The van der Waals surface area contributed by atoms with E-state index in [1.807, 2.05) is 60.5 Å². The third kappa shape index (κ3) is 7.34. The van der Waals surface area contributed by atoms with Crippen LogP contribution in [0.4, 0.5) is 4.39 Å². The summed E-state index contributed by atoms with van der Waals surface area (Å²) in [4.78, 5) is 40.2. The fourth-order valence-electron chi connectivity index (χ4n) is 6.57. The van der Waals surface area contributed by atoms with E-state index in [1.165, 1.54) is 11.0 Å². The lowest BCUT2D eigenvalue weighted by molar-refractivity contribution is -0.136. The smallest absolute Gasteiger partial charge is 0.258 e. The van der Waals surface area contributed by atoms with Gasteiger partial charge in [-0.25, -0.2) is 4.39 Å². The van der Waals surface area contributed by atoms with Crippen LogP contribution in [0, 0.1) is 5.82 Å². The van der Waals surface area contributed by atoms with Crippen LogP contribution in [0.3, 0.4) is 0 Å². The van der Waals surface area contributed by atoms with Gasteiger partial charge in [0.15, 0.2) is 0 Å². The van der Waals surface area contributed by atoms with Crippen molar-refractivity contribution in [3.63, 3.8) is 0 Å². The Balaban J connectivity index is 1.10. The number of carbonyl (C=O) groups excluding carboxylic acids is 3. The van der Waals surface area contributed by atoms with Crippen LogP contribution in [0.15, 0.2) is 84.9 Å². The molecule has 1 fully saturated rings. The Morgan fingerprint density at radius 2 is 1.53 bits per heavy atom. The predicted molar refractivity (Wildman–Crippen MR) is 183 cm³/mol. The molecule has 1 atom stereocenters. The van der Waals surface area contributed by atoms with Crippen molar-refractivity contribution in [2.45, 2.75) is 45.3 Å². The molecule has 2 heterocycles. The molecule has 252 valence electrons. The Labute approximate surface area is 284 Å². The number of phenols is 2. The minimum atomic E-state index is -0.794. The van der Waals surface area contributed by atoms with E-state index in [4.69, 9.17) is 4.74 Å². The number of phenolic OH excluding ortho intramolecular Hbond substituents is 2. The molecule has 0 bridgehead atoms. The van der Waals surface area contributed by atoms with Crippen LogP contribution in [0.1, 0.15) is 64.4 Å². The molecule has 1 unspecified atom stereocenters. The summed E-state index contributed by atoms with van der Waals surface area (Å²) in [6.45, 7) is 3.58. The second kappa shape index (κ2) is 14.3. The van der Waals surface area contributed by atoms with Gasteiger partial charge in [0.25, 0.3) is 5.91 Å². The van der Waals surface area contributed by atoms with E-state index in [2.05, 4.69) is 12.2 Å². The van der Waals surface area contributed by atoms with Crippen molar-refractivity contribution < 1.29 is 33.7 Å². The molecule has 3 N–H and O–H groups in total. The quantitative estimate of drug-likeness (QED) is 0.136. The number of halogens is 1. The first-order valence-electron chi connectivity index (χ1n) is 16.3. The Hall–Kier alpha value is -5.48. The number of hydrogen-bond donors (Lipinski definition) is 3. The van der Waals surface area contributed by atoms with Gasteiger partial charge in [0.1, 0.15) is 35.7 Å². The van der Waals surface area contributed by atoms with Gasteiger partial charge in [-0.1, -0.05) is 49.4 Å². The van der Waals surface area contributed by atoms with E-state index in [0.717, 1.165) is 34.3 Å². The SMILES string of the molecule is CCC(=C(c1ccc(O)cc1)c1ccc(OCCN(C)Cc2cc(F)c3c(c2)CN(C2CCC(=O)NC2=O)C3=O)cc1)c1ccc(O)cc1. The summed E-state index contributed by atoms with van der Waals surface area (Å²) < 4.78 is 21.2. The monoisotopic (exact) mass is 663 g/mol. The van der Waals surface area contributed by atoms with Gasteiger partial charge in [-0.15, -0.1) is 0 Å². The minimum absolute atomic E-state index is 0.0135. The highest BCUT2D eigenvalue weighted by Crippen LogP contribution is 2.36. The largest absolute Gasteiger partial charge is 0.508 e. The highest BCUT2D eigenvalue weighted by molar-refractivity contribution is 6.05. The molecule has 4 aromatic rings. The molecule has 0 saturated carbocycles. The number of piperidine rings is 1. The molecule has 4 aromatic carbocycles. The van der Waals surface area contributed by atoms with Crippen LogP contribution in [-0.2, 0) is 22.7 Å². The van der Waals surface area contributed by atoms with Crippen molar-refractivity contribution in [3.05, 3.63) is 124 Å². The number of fused-ring (bicyclic) bond motifs is 1. The molecule has 6 rings (SSSR count). The molecule has 0 aliphatic carbocycles. The average molecular weight is 664 g/mol. The molecule has 10 heteroatoms. The lowest BCUT2D eigenvalue weighted by Crippen LogP contribution is -2.52. The highest BCUT2D eigenvalue weighted by Gasteiger charge is 2.40. The predicted octanol–water partition coefficient (Wildman–Crippen LogP) is 5.88. The molecule has 0 aromatic heterocycles. The number of rotatable bonds is 11. The number of aromatic hydroxyl groups is 2. The third-order valence-corrected chi connectivity index (χ3v) is 9.00. The Kier molecular flexibility index (Phi) is 9.77. The summed E-state index contributed by atoms with van der Waals surface area (Å²) in [5, 5.41) is 22.0. The number of benzene rings is 4. The van der Waals surface area contributed by atoms with E-state index in [0.29, 0.717) is 36.6 Å². The number of amides is 3. The van der Waals surface area contributed by atoms with Gasteiger partial charge in [-0.2, -0.15) is 0 Å². The highest BCUT2D eigenvalue weighted by atomic mass is 19.1. The number of hydrogen-bond acceptors (Lipinski definition) is 7. The average Bonchev–Trinajstić information content (AvgIpc) is 3.41. The first kappa shape index (κ1) is 33.4. The molecule has 3 amide bonds. The van der Waals surface area contributed by atoms with Crippen LogP contribution in [0.5, 0.6) is 17.2 Å². The molecule has 1 saturated heterocycles. The Morgan fingerprint density at radius 3 is 2.14 bits per heavy atom. The van der Waals surface area contributed by atoms with Gasteiger partial charge in [0, 0.05) is 26.1 Å². The van der Waals surface area contributed by atoms with Crippen molar-refractivity contribution in [2.24, 2.45) is 0 Å². The number of nitrogens with one attached hydrogen (secondary N) is 1. The molecule has 49 heavy (non-hydrogen) atoms. The van der Waals surface area contributed by atoms with Crippen molar-refractivity contribution in [3.8, 4) is 17.2 Å². The number of ether oxygens (including phenoxy) is 1. The number of likely N-dealkylation sites (N-methyl/N-ethyl adjacent to an activating group) is 1. The van der Waals surface area contributed by atoms with Crippen LogP contribution in [0.2, 0.25) is 0 Å². The molecular formula is C39H38FN3O6. The summed E-state index contributed by atoms with van der Waals surface area (Å²) in [6.07, 6.45) is 1.11. The van der Waals surface area contributed by atoms with E-state index in [-0.39, 0.29) is 42.4 Å². The normalized spacial score (nSPS) is 16.4. The van der Waals surface area contributed by atoms with E-state index in [1.54, 1.807) is 30.3 Å². The van der Waals surface area contributed by atoms with Crippen molar-refractivity contribution in [2.75, 3.05) is 20.2 Å². The molecule has 9 nitrogen and oxygen atoms in total. The first-order chi connectivity index (χ1) is 23.6. The van der Waals surface area contributed by atoms with E-state index in [9.17, 15) is 24.6 Å². The zero-order valence-electron chi connectivity index (χ0n) is 27.4. The van der Waals surface area contributed by atoms with Crippen LogP contribution in [0.25, 0.3) is 11.1 Å². The van der Waals surface area contributed by atoms with E-state index < -0.39 is 23.7 Å².